The minimum Gasteiger partial charge on any atom is -0.444 e. The zero-order valence-electron chi connectivity index (χ0n) is 14.6. The van der Waals surface area contributed by atoms with Crippen molar-refractivity contribution in [2.75, 3.05) is 13.1 Å². The molecular formula is C17H23BrClN3O3. The molecule has 0 saturated heterocycles. The first-order chi connectivity index (χ1) is 11.7. The van der Waals surface area contributed by atoms with Gasteiger partial charge in [0.1, 0.15) is 10.8 Å². The van der Waals surface area contributed by atoms with Crippen molar-refractivity contribution >= 4 is 39.5 Å². The molecule has 1 N–H and O–H groups in total. The second-order valence-electron chi connectivity index (χ2n) is 7.01. The number of carbonyl (C=O) groups is 2. The van der Waals surface area contributed by atoms with Crippen LogP contribution in [0, 0.1) is 0 Å². The lowest BCUT2D eigenvalue weighted by Gasteiger charge is -2.27. The number of pyridine rings is 1. The van der Waals surface area contributed by atoms with Gasteiger partial charge in [0.05, 0.1) is 5.56 Å². The topological polar surface area (TPSA) is 71.5 Å². The van der Waals surface area contributed by atoms with Gasteiger partial charge in [-0.05, 0) is 62.0 Å². The number of ether oxygens (including phenoxy) is 1. The first kappa shape index (κ1) is 20.0. The number of nitrogens with one attached hydrogen (secondary N) is 1. The van der Waals surface area contributed by atoms with Crippen LogP contribution in [0.15, 0.2) is 16.7 Å². The maximum Gasteiger partial charge on any atom is 0.410 e. The Morgan fingerprint density at radius 2 is 2.12 bits per heavy atom. The summed E-state index contributed by atoms with van der Waals surface area (Å²) in [5.41, 5.74) is -0.190. The normalized spacial score (nSPS) is 14.1. The van der Waals surface area contributed by atoms with Crippen LogP contribution >= 0.6 is 27.5 Å². The zero-order chi connectivity index (χ0) is 18.6. The molecule has 1 saturated carbocycles. The average Bonchev–Trinajstić information content (AvgIpc) is 3.32. The predicted octanol–water partition coefficient (Wildman–Crippen LogP) is 4.02. The van der Waals surface area contributed by atoms with E-state index in [2.05, 4.69) is 26.2 Å². The summed E-state index contributed by atoms with van der Waals surface area (Å²) in [7, 11) is 0. The van der Waals surface area contributed by atoms with Crippen LogP contribution in [0.5, 0.6) is 0 Å². The molecule has 0 atom stereocenters. The molecule has 8 heteroatoms. The van der Waals surface area contributed by atoms with Gasteiger partial charge in [-0.2, -0.15) is 0 Å². The molecule has 1 fully saturated rings. The van der Waals surface area contributed by atoms with E-state index in [1.807, 2.05) is 20.8 Å². The van der Waals surface area contributed by atoms with E-state index in [1.165, 1.54) is 6.20 Å². The van der Waals surface area contributed by atoms with Crippen LogP contribution in [-0.2, 0) is 4.74 Å². The molecule has 0 bridgehead atoms. The molecule has 0 aliphatic heterocycles. The lowest BCUT2D eigenvalue weighted by Crippen LogP contribution is -2.39. The third-order valence-electron chi connectivity index (χ3n) is 3.53. The standard InChI is InChI=1S/C17H23BrClN3O3/c1-17(2,3)25-16(24)22(12-5-6-12)8-4-7-20-15(23)13-9-11(18)10-21-14(13)19/h9-10,12H,4-8H2,1-3H3,(H,20,23). The summed E-state index contributed by atoms with van der Waals surface area (Å²) in [4.78, 5) is 30.1. The van der Waals surface area contributed by atoms with Gasteiger partial charge in [0.25, 0.3) is 5.91 Å². The van der Waals surface area contributed by atoms with Crippen molar-refractivity contribution in [3.63, 3.8) is 0 Å². The Hall–Kier alpha value is -1.34. The number of hydrogen-bond acceptors (Lipinski definition) is 4. The Kier molecular flexibility index (Phi) is 6.68. The molecule has 1 aromatic heterocycles. The molecular weight excluding hydrogens is 410 g/mol. The fourth-order valence-corrected chi connectivity index (χ4v) is 2.78. The molecule has 1 aromatic rings. The third-order valence-corrected chi connectivity index (χ3v) is 4.26. The second-order valence-corrected chi connectivity index (χ2v) is 8.28. The van der Waals surface area contributed by atoms with E-state index in [9.17, 15) is 9.59 Å². The summed E-state index contributed by atoms with van der Waals surface area (Å²) in [5.74, 6) is -0.283. The number of nitrogens with zero attached hydrogens (tertiary/aromatic N) is 2. The molecule has 0 radical (unpaired) electrons. The average molecular weight is 433 g/mol. The van der Waals surface area contributed by atoms with E-state index in [-0.39, 0.29) is 23.2 Å². The maximum absolute atomic E-state index is 12.3. The lowest BCUT2D eigenvalue weighted by atomic mass is 10.2. The highest BCUT2D eigenvalue weighted by Gasteiger charge is 2.34. The summed E-state index contributed by atoms with van der Waals surface area (Å²) in [5, 5.41) is 2.97. The number of halogens is 2. The SMILES string of the molecule is CC(C)(C)OC(=O)N(CCCNC(=O)c1cc(Br)cnc1Cl)C1CC1. The van der Waals surface area contributed by atoms with Crippen LogP contribution in [0.1, 0.15) is 50.4 Å². The Bertz CT molecular complexity index is 645. The van der Waals surface area contributed by atoms with Crippen molar-refractivity contribution in [2.24, 2.45) is 0 Å². The highest BCUT2D eigenvalue weighted by atomic mass is 79.9. The van der Waals surface area contributed by atoms with E-state index in [0.29, 0.717) is 29.5 Å². The first-order valence-electron chi connectivity index (χ1n) is 8.26. The first-order valence-corrected chi connectivity index (χ1v) is 9.43. The molecule has 25 heavy (non-hydrogen) atoms. The zero-order valence-corrected chi connectivity index (χ0v) is 17.0. The fraction of sp³-hybridized carbons (Fsp3) is 0.588. The molecule has 2 rings (SSSR count). The number of aromatic nitrogens is 1. The van der Waals surface area contributed by atoms with Crippen LogP contribution in [0.4, 0.5) is 4.79 Å². The van der Waals surface area contributed by atoms with Crippen molar-refractivity contribution in [1.29, 1.82) is 0 Å². The second kappa shape index (κ2) is 8.36. The summed E-state index contributed by atoms with van der Waals surface area (Å²) < 4.78 is 6.13. The molecule has 138 valence electrons. The van der Waals surface area contributed by atoms with Crippen LogP contribution in [0.2, 0.25) is 5.15 Å². The Balaban J connectivity index is 1.81. The molecule has 0 unspecified atom stereocenters. The van der Waals surface area contributed by atoms with Crippen molar-refractivity contribution in [3.8, 4) is 0 Å². The molecule has 6 nitrogen and oxygen atoms in total. The molecule has 0 spiro atoms. The van der Waals surface area contributed by atoms with Crippen LogP contribution in [-0.4, -0.2) is 46.6 Å². The number of amides is 2. The molecule has 0 aromatic carbocycles. The van der Waals surface area contributed by atoms with Crippen LogP contribution < -0.4 is 5.32 Å². The van der Waals surface area contributed by atoms with Gasteiger partial charge >= 0.3 is 6.09 Å². The Morgan fingerprint density at radius 3 is 2.72 bits per heavy atom. The molecule has 2 amide bonds. The summed E-state index contributed by atoms with van der Waals surface area (Å²) in [6, 6.07) is 1.89. The van der Waals surface area contributed by atoms with E-state index >= 15 is 0 Å². The minimum atomic E-state index is -0.511. The molecule has 1 heterocycles. The third kappa shape index (κ3) is 6.47. The lowest BCUT2D eigenvalue weighted by molar-refractivity contribution is 0.0232. The van der Waals surface area contributed by atoms with Gasteiger partial charge in [-0.1, -0.05) is 11.6 Å². The van der Waals surface area contributed by atoms with Crippen molar-refractivity contribution in [1.82, 2.24) is 15.2 Å². The van der Waals surface area contributed by atoms with Gasteiger partial charge in [0, 0.05) is 29.8 Å². The number of rotatable bonds is 6. The van der Waals surface area contributed by atoms with E-state index in [1.54, 1.807) is 11.0 Å². The minimum absolute atomic E-state index is 0.161. The van der Waals surface area contributed by atoms with E-state index < -0.39 is 5.60 Å². The largest absolute Gasteiger partial charge is 0.444 e. The van der Waals surface area contributed by atoms with E-state index in [4.69, 9.17) is 16.3 Å². The van der Waals surface area contributed by atoms with Gasteiger partial charge in [0.2, 0.25) is 0 Å². The Morgan fingerprint density at radius 1 is 1.44 bits per heavy atom. The molecule has 1 aliphatic carbocycles. The fourth-order valence-electron chi connectivity index (χ4n) is 2.26. The highest BCUT2D eigenvalue weighted by molar-refractivity contribution is 9.10. The van der Waals surface area contributed by atoms with E-state index in [0.717, 1.165) is 12.8 Å². The smallest absolute Gasteiger partial charge is 0.410 e. The van der Waals surface area contributed by atoms with Gasteiger partial charge < -0.3 is 15.0 Å². The van der Waals surface area contributed by atoms with Crippen molar-refractivity contribution < 1.29 is 14.3 Å². The maximum atomic E-state index is 12.3. The van der Waals surface area contributed by atoms with Crippen molar-refractivity contribution in [3.05, 3.63) is 27.5 Å². The van der Waals surface area contributed by atoms with Crippen LogP contribution in [0.25, 0.3) is 0 Å². The van der Waals surface area contributed by atoms with Gasteiger partial charge in [-0.3, -0.25) is 4.79 Å². The summed E-state index contributed by atoms with van der Waals surface area (Å²) in [6.45, 7) is 6.54. The number of hydrogen-bond donors (Lipinski definition) is 1. The molecule has 1 aliphatic rings. The van der Waals surface area contributed by atoms with Gasteiger partial charge in [-0.25, -0.2) is 9.78 Å². The van der Waals surface area contributed by atoms with Gasteiger partial charge in [-0.15, -0.1) is 0 Å². The summed E-state index contributed by atoms with van der Waals surface area (Å²) in [6.07, 6.45) is 3.89. The summed E-state index contributed by atoms with van der Waals surface area (Å²) >= 11 is 9.21. The predicted molar refractivity (Wildman–Crippen MR) is 99.9 cm³/mol. The van der Waals surface area contributed by atoms with Gasteiger partial charge in [0.15, 0.2) is 0 Å². The monoisotopic (exact) mass is 431 g/mol. The quantitative estimate of drug-likeness (QED) is 0.544. The Labute approximate surface area is 161 Å². The van der Waals surface area contributed by atoms with Crippen molar-refractivity contribution in [2.45, 2.75) is 51.7 Å². The van der Waals surface area contributed by atoms with Crippen LogP contribution in [0.3, 0.4) is 0 Å². The highest BCUT2D eigenvalue weighted by Crippen LogP contribution is 2.28. The number of carbonyl (C=O) groups excluding carboxylic acids is 2.